The normalized spacial score (nSPS) is 15.0. The number of nitrogens with zero attached hydrogens (tertiary/aromatic N) is 2. The molecular formula is C15H16N2O4S2. The van der Waals surface area contributed by atoms with E-state index < -0.39 is 14.9 Å². The van der Waals surface area contributed by atoms with Gasteiger partial charge in [0.1, 0.15) is 0 Å². The van der Waals surface area contributed by atoms with E-state index in [0.717, 1.165) is 17.7 Å². The Bertz CT molecular complexity index is 781. The molecule has 0 N–H and O–H groups in total. The molecule has 1 saturated carbocycles. The highest BCUT2D eigenvalue weighted by Gasteiger charge is 2.37. The van der Waals surface area contributed by atoms with Crippen molar-refractivity contribution in [3.63, 3.8) is 0 Å². The van der Waals surface area contributed by atoms with Crippen LogP contribution in [0.5, 0.6) is 0 Å². The summed E-state index contributed by atoms with van der Waals surface area (Å²) in [6, 6.07) is 9.09. The standard InChI is InChI=1S/C15H16N2O4S2/c18-17(19)13-5-7-15(8-6-13)23(20,21)16(12-3-4-12)10-9-14-2-1-11-22-14/h1-2,5-8,11-12H,3-4,9-10H2. The lowest BCUT2D eigenvalue weighted by molar-refractivity contribution is -0.384. The van der Waals surface area contributed by atoms with Gasteiger partial charge in [0.25, 0.3) is 5.69 Å². The molecule has 122 valence electrons. The van der Waals surface area contributed by atoms with Gasteiger partial charge in [-0.3, -0.25) is 10.1 Å². The summed E-state index contributed by atoms with van der Waals surface area (Å²) in [5, 5.41) is 12.7. The molecule has 1 aliphatic rings. The highest BCUT2D eigenvalue weighted by molar-refractivity contribution is 7.89. The van der Waals surface area contributed by atoms with Crippen LogP contribution in [0, 0.1) is 10.1 Å². The molecule has 1 heterocycles. The van der Waals surface area contributed by atoms with Crippen molar-refractivity contribution < 1.29 is 13.3 Å². The number of sulfonamides is 1. The van der Waals surface area contributed by atoms with Crippen molar-refractivity contribution in [1.82, 2.24) is 4.31 Å². The molecule has 6 nitrogen and oxygen atoms in total. The quantitative estimate of drug-likeness (QED) is 0.566. The zero-order valence-corrected chi connectivity index (χ0v) is 13.9. The average molecular weight is 352 g/mol. The average Bonchev–Trinajstić information content (AvgIpc) is 3.22. The van der Waals surface area contributed by atoms with Crippen LogP contribution in [-0.4, -0.2) is 30.2 Å². The number of hydrogen-bond acceptors (Lipinski definition) is 5. The van der Waals surface area contributed by atoms with Gasteiger partial charge in [-0.05, 0) is 42.8 Å². The highest BCUT2D eigenvalue weighted by atomic mass is 32.2. The van der Waals surface area contributed by atoms with Gasteiger partial charge < -0.3 is 0 Å². The van der Waals surface area contributed by atoms with Crippen molar-refractivity contribution in [3.8, 4) is 0 Å². The molecule has 1 fully saturated rings. The number of rotatable bonds is 7. The van der Waals surface area contributed by atoms with E-state index in [2.05, 4.69) is 0 Å². The van der Waals surface area contributed by atoms with E-state index in [1.165, 1.54) is 28.6 Å². The fraction of sp³-hybridized carbons (Fsp3) is 0.333. The maximum Gasteiger partial charge on any atom is 0.269 e. The van der Waals surface area contributed by atoms with Crippen LogP contribution in [0.4, 0.5) is 5.69 Å². The summed E-state index contributed by atoms with van der Waals surface area (Å²) < 4.78 is 27.2. The Kier molecular flexibility index (Phi) is 4.47. The topological polar surface area (TPSA) is 80.5 Å². The van der Waals surface area contributed by atoms with Crippen molar-refractivity contribution >= 4 is 27.0 Å². The minimum Gasteiger partial charge on any atom is -0.258 e. The maximum atomic E-state index is 12.8. The highest BCUT2D eigenvalue weighted by Crippen LogP contribution is 2.32. The van der Waals surface area contributed by atoms with Crippen molar-refractivity contribution in [1.29, 1.82) is 0 Å². The summed E-state index contributed by atoms with van der Waals surface area (Å²) in [6.45, 7) is 0.435. The molecule has 1 aliphatic carbocycles. The molecule has 3 rings (SSSR count). The Hall–Kier alpha value is -1.77. The number of nitro benzene ring substituents is 1. The predicted molar refractivity (Wildman–Crippen MR) is 88.0 cm³/mol. The molecule has 0 spiro atoms. The van der Waals surface area contributed by atoms with Gasteiger partial charge in [0.05, 0.1) is 9.82 Å². The molecule has 2 aromatic rings. The smallest absolute Gasteiger partial charge is 0.258 e. The third-order valence-electron chi connectivity index (χ3n) is 3.77. The lowest BCUT2D eigenvalue weighted by Gasteiger charge is -2.21. The SMILES string of the molecule is O=[N+]([O-])c1ccc(S(=O)(=O)N(CCc2cccs2)C2CC2)cc1. The number of non-ortho nitro benzene ring substituents is 1. The van der Waals surface area contributed by atoms with E-state index in [1.807, 2.05) is 17.5 Å². The lowest BCUT2D eigenvalue weighted by Crippen LogP contribution is -2.34. The zero-order valence-electron chi connectivity index (χ0n) is 12.3. The summed E-state index contributed by atoms with van der Waals surface area (Å²) in [5.74, 6) is 0. The van der Waals surface area contributed by atoms with Crippen LogP contribution in [0.3, 0.4) is 0 Å². The van der Waals surface area contributed by atoms with Gasteiger partial charge in [-0.15, -0.1) is 11.3 Å². The summed E-state index contributed by atoms with van der Waals surface area (Å²) in [6.07, 6.45) is 2.42. The number of hydrogen-bond donors (Lipinski definition) is 0. The van der Waals surface area contributed by atoms with Crippen LogP contribution in [0.1, 0.15) is 17.7 Å². The molecule has 0 saturated heterocycles. The molecule has 0 aliphatic heterocycles. The third kappa shape index (κ3) is 3.60. The van der Waals surface area contributed by atoms with E-state index >= 15 is 0 Å². The first-order valence-electron chi connectivity index (χ1n) is 7.27. The fourth-order valence-electron chi connectivity index (χ4n) is 2.41. The van der Waals surface area contributed by atoms with Crippen LogP contribution in [0.2, 0.25) is 0 Å². The summed E-state index contributed by atoms with van der Waals surface area (Å²) in [5.41, 5.74) is -0.111. The third-order valence-corrected chi connectivity index (χ3v) is 6.67. The van der Waals surface area contributed by atoms with Crippen molar-refractivity contribution in [2.45, 2.75) is 30.2 Å². The van der Waals surface area contributed by atoms with Gasteiger partial charge in [0, 0.05) is 29.6 Å². The Balaban J connectivity index is 1.80. The van der Waals surface area contributed by atoms with Crippen LogP contribution < -0.4 is 0 Å². The lowest BCUT2D eigenvalue weighted by atomic mass is 10.3. The first kappa shape index (κ1) is 16.1. The second-order valence-electron chi connectivity index (χ2n) is 5.43. The zero-order chi connectivity index (χ0) is 16.4. The second kappa shape index (κ2) is 6.38. The molecule has 0 unspecified atom stereocenters. The van der Waals surface area contributed by atoms with Crippen LogP contribution >= 0.6 is 11.3 Å². The van der Waals surface area contributed by atoms with Crippen molar-refractivity contribution in [2.24, 2.45) is 0 Å². The fourth-order valence-corrected chi connectivity index (χ4v) is 4.80. The second-order valence-corrected chi connectivity index (χ2v) is 8.35. The van der Waals surface area contributed by atoms with Crippen molar-refractivity contribution in [3.05, 3.63) is 56.8 Å². The molecular weight excluding hydrogens is 336 g/mol. The summed E-state index contributed by atoms with van der Waals surface area (Å²) in [4.78, 5) is 11.4. The molecule has 23 heavy (non-hydrogen) atoms. The maximum absolute atomic E-state index is 12.8. The Morgan fingerprint density at radius 3 is 2.43 bits per heavy atom. The predicted octanol–water partition coefficient (Wildman–Crippen LogP) is 3.05. The molecule has 8 heteroatoms. The van der Waals surface area contributed by atoms with E-state index in [-0.39, 0.29) is 16.6 Å². The molecule has 0 radical (unpaired) electrons. The van der Waals surface area contributed by atoms with Gasteiger partial charge in [-0.25, -0.2) is 8.42 Å². The van der Waals surface area contributed by atoms with Crippen LogP contribution in [0.15, 0.2) is 46.7 Å². The van der Waals surface area contributed by atoms with Crippen LogP contribution in [-0.2, 0) is 16.4 Å². The minimum atomic E-state index is -3.62. The van der Waals surface area contributed by atoms with Crippen molar-refractivity contribution in [2.75, 3.05) is 6.54 Å². The van der Waals surface area contributed by atoms with E-state index in [9.17, 15) is 18.5 Å². The largest absolute Gasteiger partial charge is 0.269 e. The van der Waals surface area contributed by atoms with Crippen LogP contribution in [0.25, 0.3) is 0 Å². The van der Waals surface area contributed by atoms with Gasteiger partial charge in [0.2, 0.25) is 10.0 Å². The monoisotopic (exact) mass is 352 g/mol. The van der Waals surface area contributed by atoms with Gasteiger partial charge in [0.15, 0.2) is 0 Å². The number of thiophene rings is 1. The Morgan fingerprint density at radius 2 is 1.91 bits per heavy atom. The molecule has 1 aromatic carbocycles. The Labute approximate surface area is 138 Å². The summed E-state index contributed by atoms with van der Waals surface area (Å²) in [7, 11) is -3.62. The molecule has 0 atom stereocenters. The molecule has 0 bridgehead atoms. The first-order valence-corrected chi connectivity index (χ1v) is 9.59. The molecule has 0 amide bonds. The number of nitro groups is 1. The molecule has 1 aromatic heterocycles. The van der Waals surface area contributed by atoms with E-state index in [1.54, 1.807) is 11.3 Å². The van der Waals surface area contributed by atoms with Gasteiger partial charge >= 0.3 is 0 Å². The van der Waals surface area contributed by atoms with Gasteiger partial charge in [-0.1, -0.05) is 6.07 Å². The first-order chi connectivity index (χ1) is 11.0. The van der Waals surface area contributed by atoms with E-state index in [0.29, 0.717) is 13.0 Å². The minimum absolute atomic E-state index is 0.0511. The van der Waals surface area contributed by atoms with Gasteiger partial charge in [-0.2, -0.15) is 4.31 Å². The summed E-state index contributed by atoms with van der Waals surface area (Å²) >= 11 is 1.61. The van der Waals surface area contributed by atoms with E-state index in [4.69, 9.17) is 0 Å². The number of benzene rings is 1. The Morgan fingerprint density at radius 1 is 1.22 bits per heavy atom.